The van der Waals surface area contributed by atoms with Crippen LogP contribution >= 0.6 is 0 Å². The van der Waals surface area contributed by atoms with Gasteiger partial charge in [0.15, 0.2) is 0 Å². The molecule has 0 saturated carbocycles. The lowest BCUT2D eigenvalue weighted by Gasteiger charge is -2.10. The van der Waals surface area contributed by atoms with E-state index in [2.05, 4.69) is 0 Å². The van der Waals surface area contributed by atoms with Gasteiger partial charge in [0, 0.05) is 5.75 Å². The average Bonchev–Trinajstić information content (AvgIpc) is 2.14. The summed E-state index contributed by atoms with van der Waals surface area (Å²) in [4.78, 5) is 0. The molecule has 0 aliphatic rings. The van der Waals surface area contributed by atoms with Crippen molar-refractivity contribution in [2.45, 2.75) is 12.6 Å². The molecule has 0 amide bonds. The predicted molar refractivity (Wildman–Crippen MR) is 48.9 cm³/mol. The Kier molecular flexibility index (Phi) is 4.03. The van der Waals surface area contributed by atoms with Gasteiger partial charge in [0.1, 0.15) is 5.82 Å². The van der Waals surface area contributed by atoms with Crippen molar-refractivity contribution in [3.05, 3.63) is 35.1 Å². The van der Waals surface area contributed by atoms with Crippen molar-refractivity contribution in [1.82, 2.24) is 0 Å². The molecule has 0 bridgehead atoms. The maximum absolute atomic E-state index is 13.0. The highest BCUT2D eigenvalue weighted by molar-refractivity contribution is 7.79. The van der Waals surface area contributed by atoms with Crippen molar-refractivity contribution in [2.75, 3.05) is 5.75 Å². The molecule has 0 aliphatic carbocycles. The second-order valence-corrected chi connectivity index (χ2v) is 4.08. The summed E-state index contributed by atoms with van der Waals surface area (Å²) >= 11 is -2.40. The van der Waals surface area contributed by atoms with E-state index < -0.39 is 34.4 Å². The molecule has 0 aromatic heterocycles. The van der Waals surface area contributed by atoms with E-state index in [1.54, 1.807) is 0 Å². The molecule has 1 rings (SSSR count). The fourth-order valence-corrected chi connectivity index (χ4v) is 1.52. The minimum atomic E-state index is -4.56. The number of hydrogen-bond donors (Lipinski definition) is 0. The van der Waals surface area contributed by atoms with E-state index in [-0.39, 0.29) is 12.0 Å². The van der Waals surface area contributed by atoms with Crippen LogP contribution in [0.15, 0.2) is 18.2 Å². The molecule has 16 heavy (non-hydrogen) atoms. The Labute approximate surface area is 91.6 Å². The van der Waals surface area contributed by atoms with Crippen molar-refractivity contribution in [3.63, 3.8) is 0 Å². The minimum Gasteiger partial charge on any atom is -0.772 e. The van der Waals surface area contributed by atoms with Crippen LogP contribution in [-0.2, 0) is 23.7 Å². The smallest absolute Gasteiger partial charge is 0.416 e. The molecule has 0 heterocycles. The number of alkyl halides is 3. The molecule has 7 heteroatoms. The minimum absolute atomic E-state index is 0.251. The van der Waals surface area contributed by atoms with Crippen LogP contribution in [0.4, 0.5) is 17.6 Å². The van der Waals surface area contributed by atoms with Crippen molar-refractivity contribution in [2.24, 2.45) is 0 Å². The summed E-state index contributed by atoms with van der Waals surface area (Å²) in [5.74, 6) is -1.24. The number of rotatable bonds is 3. The molecule has 0 radical (unpaired) electrons. The first kappa shape index (κ1) is 13.1. The molecule has 0 saturated heterocycles. The average molecular weight is 255 g/mol. The number of hydrogen-bond acceptors (Lipinski definition) is 2. The summed E-state index contributed by atoms with van der Waals surface area (Å²) in [6, 6.07) is 1.93. The van der Waals surface area contributed by atoms with Gasteiger partial charge in [-0.1, -0.05) is 11.1 Å². The zero-order valence-corrected chi connectivity index (χ0v) is 8.70. The van der Waals surface area contributed by atoms with Gasteiger partial charge < -0.3 is 4.55 Å². The van der Waals surface area contributed by atoms with Gasteiger partial charge >= 0.3 is 6.18 Å². The number of aryl methyl sites for hydroxylation is 1. The molecule has 1 aromatic carbocycles. The Balaban J connectivity index is 2.95. The lowest BCUT2D eigenvalue weighted by molar-refractivity contribution is -0.137. The fourth-order valence-electron chi connectivity index (χ4n) is 1.14. The largest absolute Gasteiger partial charge is 0.772 e. The van der Waals surface area contributed by atoms with Gasteiger partial charge in [-0.2, -0.15) is 13.2 Å². The summed E-state index contributed by atoms with van der Waals surface area (Å²) in [6.07, 6.45) is -4.83. The first-order valence-electron chi connectivity index (χ1n) is 4.22. The van der Waals surface area contributed by atoms with E-state index in [0.717, 1.165) is 0 Å². The number of benzene rings is 1. The Morgan fingerprint density at radius 1 is 1.31 bits per heavy atom. The summed E-state index contributed by atoms with van der Waals surface area (Å²) in [5.41, 5.74) is -1.24. The van der Waals surface area contributed by atoms with Crippen LogP contribution in [0, 0.1) is 5.82 Å². The third-order valence-electron chi connectivity index (χ3n) is 1.91. The highest BCUT2D eigenvalue weighted by Crippen LogP contribution is 2.30. The van der Waals surface area contributed by atoms with E-state index in [1.807, 2.05) is 0 Å². The van der Waals surface area contributed by atoms with E-state index >= 15 is 0 Å². The molecule has 1 aromatic rings. The first-order chi connectivity index (χ1) is 7.30. The lowest BCUT2D eigenvalue weighted by atomic mass is 10.1. The van der Waals surface area contributed by atoms with Gasteiger partial charge in [-0.25, -0.2) is 4.39 Å². The summed E-state index contributed by atoms with van der Waals surface area (Å²) in [6.45, 7) is 0. The third-order valence-corrected chi connectivity index (χ3v) is 2.45. The summed E-state index contributed by atoms with van der Waals surface area (Å²) < 4.78 is 70.2. The standard InChI is InChI=1S/C9H8F4O2S/c10-8-2-1-7(9(11,12)13)5-6(8)3-4-16(14)15/h1-2,5H,3-4H2,(H,14,15)/p-1. The monoisotopic (exact) mass is 255 g/mol. The van der Waals surface area contributed by atoms with Crippen LogP contribution in [0.1, 0.15) is 11.1 Å². The molecule has 0 fully saturated rings. The predicted octanol–water partition coefficient (Wildman–Crippen LogP) is 2.27. The van der Waals surface area contributed by atoms with Gasteiger partial charge in [-0.05, 0) is 30.2 Å². The van der Waals surface area contributed by atoms with Gasteiger partial charge in [0.05, 0.1) is 5.56 Å². The topological polar surface area (TPSA) is 40.1 Å². The third kappa shape index (κ3) is 3.57. The Morgan fingerprint density at radius 3 is 2.44 bits per heavy atom. The van der Waals surface area contributed by atoms with Gasteiger partial charge in [-0.15, -0.1) is 0 Å². The van der Waals surface area contributed by atoms with E-state index in [9.17, 15) is 26.3 Å². The molecule has 1 atom stereocenters. The summed E-state index contributed by atoms with van der Waals surface area (Å²) in [5, 5.41) is 0. The normalized spacial score (nSPS) is 13.8. The van der Waals surface area contributed by atoms with Crippen LogP contribution in [0.5, 0.6) is 0 Å². The quantitative estimate of drug-likeness (QED) is 0.614. The van der Waals surface area contributed by atoms with Gasteiger partial charge in [0.25, 0.3) is 0 Å². The SMILES string of the molecule is O=S([O-])CCc1cc(C(F)(F)F)ccc1F. The molecule has 0 aliphatic heterocycles. The molecule has 0 N–H and O–H groups in total. The van der Waals surface area contributed by atoms with Crippen LogP contribution in [0.2, 0.25) is 0 Å². The van der Waals surface area contributed by atoms with Crippen LogP contribution < -0.4 is 0 Å². The van der Waals surface area contributed by atoms with E-state index in [4.69, 9.17) is 0 Å². The second kappa shape index (κ2) is 4.92. The lowest BCUT2D eigenvalue weighted by Crippen LogP contribution is -2.08. The molecule has 0 spiro atoms. The summed E-state index contributed by atoms with van der Waals surface area (Å²) in [7, 11) is 0. The van der Waals surface area contributed by atoms with E-state index in [1.165, 1.54) is 0 Å². The van der Waals surface area contributed by atoms with Crippen LogP contribution in [0.25, 0.3) is 0 Å². The Hall–Kier alpha value is -0.950. The second-order valence-electron chi connectivity index (χ2n) is 3.06. The van der Waals surface area contributed by atoms with Crippen molar-refractivity contribution in [1.29, 1.82) is 0 Å². The molecule has 1 unspecified atom stereocenters. The van der Waals surface area contributed by atoms with Crippen molar-refractivity contribution in [3.8, 4) is 0 Å². The van der Waals surface area contributed by atoms with Crippen molar-refractivity contribution < 1.29 is 26.3 Å². The maximum Gasteiger partial charge on any atom is 0.416 e. The maximum atomic E-state index is 13.0. The zero-order valence-electron chi connectivity index (χ0n) is 7.88. The molecule has 90 valence electrons. The van der Waals surface area contributed by atoms with Gasteiger partial charge in [0.2, 0.25) is 0 Å². The highest BCUT2D eigenvalue weighted by Gasteiger charge is 2.30. The van der Waals surface area contributed by atoms with Crippen LogP contribution in [0.3, 0.4) is 0 Å². The van der Waals surface area contributed by atoms with E-state index in [0.29, 0.717) is 18.2 Å². The zero-order chi connectivity index (χ0) is 12.3. The number of halogens is 4. The molecular weight excluding hydrogens is 248 g/mol. The highest BCUT2D eigenvalue weighted by atomic mass is 32.2. The fraction of sp³-hybridized carbons (Fsp3) is 0.333. The first-order valence-corrected chi connectivity index (χ1v) is 5.46. The molecule has 2 nitrogen and oxygen atoms in total. The Morgan fingerprint density at radius 2 is 1.94 bits per heavy atom. The van der Waals surface area contributed by atoms with Crippen LogP contribution in [-0.4, -0.2) is 14.5 Å². The van der Waals surface area contributed by atoms with Crippen molar-refractivity contribution >= 4 is 11.1 Å². The van der Waals surface area contributed by atoms with Gasteiger partial charge in [-0.3, -0.25) is 4.21 Å². The Bertz CT molecular complexity index is 403. The molecular formula is C9H7F4O2S-.